The van der Waals surface area contributed by atoms with Crippen molar-refractivity contribution in [3.05, 3.63) is 58.7 Å². The van der Waals surface area contributed by atoms with E-state index in [1.54, 1.807) is 0 Å². The van der Waals surface area contributed by atoms with Gasteiger partial charge in [0.15, 0.2) is 0 Å². The number of carboxylic acids is 1. The average molecular weight is 714 g/mol. The first-order valence-corrected chi connectivity index (χ1v) is 19.0. The van der Waals surface area contributed by atoms with E-state index in [-0.39, 0.29) is 59.8 Å². The summed E-state index contributed by atoms with van der Waals surface area (Å²) < 4.78 is 0. The van der Waals surface area contributed by atoms with E-state index in [4.69, 9.17) is 16.6 Å². The number of hydrogen-bond acceptors (Lipinski definition) is 7. The van der Waals surface area contributed by atoms with Crippen molar-refractivity contribution in [2.24, 2.45) is 34.1 Å². The van der Waals surface area contributed by atoms with Crippen LogP contribution in [0.5, 0.6) is 0 Å². The predicted molar refractivity (Wildman–Crippen MR) is 199 cm³/mol. The van der Waals surface area contributed by atoms with Crippen LogP contribution in [-0.4, -0.2) is 47.3 Å². The van der Waals surface area contributed by atoms with Gasteiger partial charge >= 0.3 is 5.97 Å². The number of imide groups is 1. The largest absolute Gasteiger partial charge is 0.481 e. The number of amides is 4. The Morgan fingerprint density at radius 1 is 0.769 bits per heavy atom. The number of nitrogens with one attached hydrogen (secondary N) is 3. The van der Waals surface area contributed by atoms with Crippen molar-refractivity contribution in [3.8, 4) is 0 Å². The number of fused-ring (bicyclic) bond motifs is 6. The maximum atomic E-state index is 14.5. The second-order valence-corrected chi connectivity index (χ2v) is 16.9. The maximum Gasteiger partial charge on any atom is 0.303 e. The number of carbonyl (C=O) groups is 5. The smallest absolute Gasteiger partial charge is 0.303 e. The van der Waals surface area contributed by atoms with Crippen LogP contribution in [0.2, 0.25) is 0 Å². The van der Waals surface area contributed by atoms with E-state index in [0.717, 1.165) is 62.5 Å². The molecule has 4 amide bonds. The zero-order chi connectivity index (χ0) is 37.6. The third-order valence-electron chi connectivity index (χ3n) is 13.7. The van der Waals surface area contributed by atoms with Crippen LogP contribution in [0.4, 0.5) is 11.4 Å². The molecule has 2 aromatic rings. The lowest BCUT2D eigenvalue weighted by Crippen LogP contribution is -2.60. The first-order valence-electron chi connectivity index (χ1n) is 19.0. The highest BCUT2D eigenvalue weighted by atomic mass is 16.4. The zero-order valence-electron chi connectivity index (χ0n) is 31.0. The highest BCUT2D eigenvalue weighted by Gasteiger charge is 2.58. The Morgan fingerprint density at radius 3 is 1.71 bits per heavy atom. The summed E-state index contributed by atoms with van der Waals surface area (Å²) in [6.07, 6.45) is 7.96. The molecular formula is C41H55N5O6. The molecule has 7 atom stereocenters. The van der Waals surface area contributed by atoms with E-state index in [2.05, 4.69) is 41.9 Å². The molecule has 0 heterocycles. The van der Waals surface area contributed by atoms with Crippen LogP contribution in [0.1, 0.15) is 114 Å². The van der Waals surface area contributed by atoms with Gasteiger partial charge in [0.25, 0.3) is 0 Å². The second-order valence-electron chi connectivity index (χ2n) is 16.9. The van der Waals surface area contributed by atoms with Gasteiger partial charge in [0, 0.05) is 17.8 Å². The molecule has 0 aliphatic heterocycles. The molecular weight excluding hydrogens is 658 g/mol. The minimum atomic E-state index is -1.00. The number of carboxylic acid groups (broad SMARTS) is 1. The Labute approximate surface area is 306 Å². The monoisotopic (exact) mass is 713 g/mol. The van der Waals surface area contributed by atoms with Crippen LogP contribution in [0.15, 0.2) is 36.4 Å². The molecule has 0 unspecified atom stereocenters. The van der Waals surface area contributed by atoms with Gasteiger partial charge in [-0.15, -0.1) is 0 Å². The summed E-state index contributed by atoms with van der Waals surface area (Å²) in [5.74, 6) is -2.09. The first-order chi connectivity index (χ1) is 24.5. The van der Waals surface area contributed by atoms with E-state index < -0.39 is 28.7 Å². The second kappa shape index (κ2) is 14.0. The lowest BCUT2D eigenvalue weighted by atomic mass is 9.49. The predicted octanol–water partition coefficient (Wildman–Crippen LogP) is 5.08. The highest BCUT2D eigenvalue weighted by molar-refractivity contribution is 6.01. The molecule has 11 nitrogen and oxygen atoms in total. The molecule has 52 heavy (non-hydrogen) atoms. The zero-order valence-corrected chi connectivity index (χ0v) is 31.0. The molecule has 0 spiro atoms. The van der Waals surface area contributed by atoms with Gasteiger partial charge in [-0.2, -0.15) is 0 Å². The minimum absolute atomic E-state index is 0.0198. The van der Waals surface area contributed by atoms with Crippen molar-refractivity contribution >= 4 is 41.0 Å². The molecule has 11 heteroatoms. The number of aliphatic carboxylic acids is 1. The normalized spacial score (nSPS) is 31.0. The van der Waals surface area contributed by atoms with Crippen LogP contribution in [0, 0.1) is 22.7 Å². The molecule has 0 radical (unpaired) electrons. The summed E-state index contributed by atoms with van der Waals surface area (Å²) >= 11 is 0. The standard InChI is InChI=1S/C41H55N5O6/c1-38-17-5-19-40(3,31(38)14-9-24-7-11-26(21-28(24)38)44-33(47)23-42)36(51)46-37(52)41(4)20-6-18-39(2)29-22-27(12-8-25(29)10-15-32(39)41)45-35(50)30(43)13-16-34(48)49/h7-8,11-12,21-22,30-32H,5-6,9-10,13-20,23,42-43H2,1-4H3,(H,44,47)(H,45,50)(H,48,49)(H,46,51,52)/t30-,31+,32+,38+,39+,40-,41-/m0/s1. The summed E-state index contributed by atoms with van der Waals surface area (Å²) in [6, 6.07) is 11.0. The Kier molecular flexibility index (Phi) is 10.2. The summed E-state index contributed by atoms with van der Waals surface area (Å²) in [6.45, 7) is 8.42. The van der Waals surface area contributed by atoms with Crippen molar-refractivity contribution < 1.29 is 29.1 Å². The SMILES string of the molecule is C[C@]1(C(=O)NC(=O)[C@@]2(C)CCC[C@]3(C)c4cc(NC(=O)[C@@H](N)CCC(=O)O)ccc4CC[C@@H]23)CCC[C@]2(C)c3cc(NC(=O)CN)ccc3CC[C@@H]12. The Morgan fingerprint density at radius 2 is 1.25 bits per heavy atom. The Balaban J connectivity index is 1.21. The van der Waals surface area contributed by atoms with Gasteiger partial charge in [-0.3, -0.25) is 29.3 Å². The van der Waals surface area contributed by atoms with Crippen molar-refractivity contribution in [1.82, 2.24) is 5.32 Å². The van der Waals surface area contributed by atoms with E-state index in [1.807, 2.05) is 38.1 Å². The van der Waals surface area contributed by atoms with Crippen LogP contribution in [0.3, 0.4) is 0 Å². The number of nitrogens with two attached hydrogens (primary N) is 2. The number of anilines is 2. The Hall–Kier alpha value is -4.09. The molecule has 2 fully saturated rings. The fourth-order valence-corrected chi connectivity index (χ4v) is 10.9. The van der Waals surface area contributed by atoms with E-state index in [0.29, 0.717) is 24.2 Å². The number of carbonyl (C=O) groups excluding carboxylic acids is 4. The number of hydrogen-bond donors (Lipinski definition) is 6. The quantitative estimate of drug-likeness (QED) is 0.194. The van der Waals surface area contributed by atoms with E-state index >= 15 is 0 Å². The lowest BCUT2D eigenvalue weighted by molar-refractivity contribution is -0.150. The molecule has 8 N–H and O–H groups in total. The van der Waals surface area contributed by atoms with Gasteiger partial charge in [0.05, 0.1) is 23.4 Å². The minimum Gasteiger partial charge on any atom is -0.481 e. The van der Waals surface area contributed by atoms with Crippen molar-refractivity contribution in [2.75, 3.05) is 17.2 Å². The van der Waals surface area contributed by atoms with Gasteiger partial charge < -0.3 is 27.2 Å². The first kappa shape index (κ1) is 37.7. The van der Waals surface area contributed by atoms with Crippen LogP contribution in [-0.2, 0) is 47.6 Å². The van der Waals surface area contributed by atoms with Gasteiger partial charge in [-0.1, -0.05) is 52.7 Å². The molecule has 4 aliphatic rings. The van der Waals surface area contributed by atoms with E-state index in [9.17, 15) is 24.0 Å². The molecule has 4 aliphatic carbocycles. The molecule has 0 aromatic heterocycles. The fraction of sp³-hybridized carbons (Fsp3) is 0.585. The van der Waals surface area contributed by atoms with Gasteiger partial charge in [0.2, 0.25) is 23.6 Å². The molecule has 2 saturated carbocycles. The van der Waals surface area contributed by atoms with Crippen LogP contribution < -0.4 is 27.4 Å². The summed E-state index contributed by atoms with van der Waals surface area (Å²) in [4.78, 5) is 64.9. The number of rotatable bonds is 9. The molecule has 0 bridgehead atoms. The lowest BCUT2D eigenvalue weighted by Gasteiger charge is -2.56. The van der Waals surface area contributed by atoms with Crippen LogP contribution in [0.25, 0.3) is 0 Å². The fourth-order valence-electron chi connectivity index (χ4n) is 10.9. The Bertz CT molecular complexity index is 1790. The summed E-state index contributed by atoms with van der Waals surface area (Å²) in [5, 5.41) is 17.8. The van der Waals surface area contributed by atoms with Gasteiger partial charge in [-0.05, 0) is 127 Å². The van der Waals surface area contributed by atoms with E-state index in [1.165, 1.54) is 11.1 Å². The molecule has 280 valence electrons. The summed E-state index contributed by atoms with van der Waals surface area (Å²) in [7, 11) is 0. The molecule has 0 saturated heterocycles. The van der Waals surface area contributed by atoms with Gasteiger partial charge in [0.1, 0.15) is 0 Å². The third kappa shape index (κ3) is 6.55. The highest BCUT2D eigenvalue weighted by Crippen LogP contribution is 2.59. The van der Waals surface area contributed by atoms with Crippen LogP contribution >= 0.6 is 0 Å². The third-order valence-corrected chi connectivity index (χ3v) is 13.7. The van der Waals surface area contributed by atoms with Gasteiger partial charge in [-0.25, -0.2) is 0 Å². The van der Waals surface area contributed by atoms with Crippen molar-refractivity contribution in [2.45, 2.75) is 122 Å². The topological polar surface area (TPSA) is 194 Å². The number of aryl methyl sites for hydroxylation is 2. The average Bonchev–Trinajstić information content (AvgIpc) is 3.10. The van der Waals surface area contributed by atoms with Crippen molar-refractivity contribution in [1.29, 1.82) is 0 Å². The maximum absolute atomic E-state index is 14.5. The summed E-state index contributed by atoms with van der Waals surface area (Å²) in [5.41, 5.74) is 15.4. The molecule has 2 aromatic carbocycles. The molecule has 6 rings (SSSR count). The number of benzene rings is 2. The van der Waals surface area contributed by atoms with Crippen molar-refractivity contribution in [3.63, 3.8) is 0 Å².